The molecule has 35 heavy (non-hydrogen) atoms. The number of hydrogen-bond donors (Lipinski definition) is 5. The van der Waals surface area contributed by atoms with Crippen LogP contribution in [-0.4, -0.2) is 53.0 Å². The molecular weight excluding hydrogens is 493 g/mol. The van der Waals surface area contributed by atoms with Crippen molar-refractivity contribution in [3.63, 3.8) is 0 Å². The van der Waals surface area contributed by atoms with Gasteiger partial charge in [-0.25, -0.2) is 4.98 Å². The molecule has 0 fully saturated rings. The third-order valence-electron chi connectivity index (χ3n) is 5.40. The van der Waals surface area contributed by atoms with Gasteiger partial charge in [-0.3, -0.25) is 14.6 Å². The zero-order chi connectivity index (χ0) is 25.4. The van der Waals surface area contributed by atoms with E-state index in [0.29, 0.717) is 28.6 Å². The van der Waals surface area contributed by atoms with Crippen LogP contribution < -0.4 is 16.4 Å². The van der Waals surface area contributed by atoms with Gasteiger partial charge < -0.3 is 26.6 Å². The second kappa shape index (κ2) is 12.5. The zero-order valence-electron chi connectivity index (χ0n) is 18.9. The molecule has 1 aromatic heterocycles. The van der Waals surface area contributed by atoms with Gasteiger partial charge in [0, 0.05) is 47.2 Å². The van der Waals surface area contributed by atoms with Crippen molar-refractivity contribution >= 4 is 47.1 Å². The monoisotopic (exact) mass is 519 g/mol. The van der Waals surface area contributed by atoms with Gasteiger partial charge in [0.15, 0.2) is 0 Å². The third-order valence-corrected chi connectivity index (χ3v) is 5.84. The van der Waals surface area contributed by atoms with Crippen molar-refractivity contribution < 1.29 is 19.8 Å². The maximum Gasteiger partial charge on any atom is 0.305 e. The van der Waals surface area contributed by atoms with E-state index in [1.807, 2.05) is 6.07 Å². The summed E-state index contributed by atoms with van der Waals surface area (Å²) in [5.74, 6) is -0.917. The summed E-state index contributed by atoms with van der Waals surface area (Å²) in [4.78, 5) is 33.3. The molecule has 0 aliphatic carbocycles. The van der Waals surface area contributed by atoms with Crippen molar-refractivity contribution in [3.8, 4) is 0 Å². The minimum absolute atomic E-state index is 0.0592. The van der Waals surface area contributed by atoms with Crippen LogP contribution in [0.2, 0.25) is 10.0 Å². The summed E-state index contributed by atoms with van der Waals surface area (Å²) >= 11 is 12.1. The molecule has 1 amide bonds. The summed E-state index contributed by atoms with van der Waals surface area (Å²) in [5.41, 5.74) is 8.17. The first-order valence-electron chi connectivity index (χ1n) is 11.1. The number of carbonyl (C=O) groups excluding carboxylic acids is 1. The van der Waals surface area contributed by atoms with E-state index in [1.54, 1.807) is 0 Å². The Morgan fingerprint density at radius 1 is 1.26 bits per heavy atom. The number of aryl methyl sites for hydroxylation is 1. The number of nitrogens with two attached hydrogens (primary N) is 1. The van der Waals surface area contributed by atoms with Gasteiger partial charge in [-0.2, -0.15) is 0 Å². The van der Waals surface area contributed by atoms with Gasteiger partial charge in [0.2, 0.25) is 0 Å². The number of nitrogens with zero attached hydrogens (tertiary/aromatic N) is 2. The molecule has 2 aromatic rings. The fourth-order valence-electron chi connectivity index (χ4n) is 3.65. The fourth-order valence-corrected chi connectivity index (χ4v) is 4.20. The Morgan fingerprint density at radius 2 is 2.00 bits per heavy atom. The van der Waals surface area contributed by atoms with E-state index in [2.05, 4.69) is 26.7 Å². The van der Waals surface area contributed by atoms with Crippen LogP contribution in [0.3, 0.4) is 0 Å². The van der Waals surface area contributed by atoms with Gasteiger partial charge in [0.05, 0.1) is 24.6 Å². The zero-order valence-corrected chi connectivity index (χ0v) is 20.4. The van der Waals surface area contributed by atoms with Crippen LogP contribution in [0.1, 0.15) is 35.7 Å². The van der Waals surface area contributed by atoms with Crippen molar-refractivity contribution in [1.29, 1.82) is 0 Å². The number of nitrogens with one attached hydrogen (secondary N) is 2. The molecule has 0 saturated heterocycles. The second-order valence-electron chi connectivity index (χ2n) is 8.05. The van der Waals surface area contributed by atoms with E-state index in [4.69, 9.17) is 28.9 Å². The number of aliphatic hydroxyl groups excluding tert-OH is 1. The van der Waals surface area contributed by atoms with Crippen LogP contribution in [0, 0.1) is 0 Å². The van der Waals surface area contributed by atoms with Crippen LogP contribution >= 0.6 is 23.2 Å². The molecule has 1 aliphatic heterocycles. The Balaban J connectivity index is 1.71. The smallest absolute Gasteiger partial charge is 0.305 e. The topological polar surface area (TPSA) is 150 Å². The van der Waals surface area contributed by atoms with Gasteiger partial charge in [-0.05, 0) is 48.2 Å². The van der Waals surface area contributed by atoms with Gasteiger partial charge in [0.25, 0.3) is 5.91 Å². The second-order valence-corrected chi connectivity index (χ2v) is 8.92. The number of aliphatic carboxylic acids is 1. The lowest BCUT2D eigenvalue weighted by molar-refractivity contribution is -0.137. The number of aliphatic imine (C=N–C) groups is 1. The van der Waals surface area contributed by atoms with Crippen LogP contribution in [0.25, 0.3) is 0 Å². The van der Waals surface area contributed by atoms with Crippen molar-refractivity contribution in [2.45, 2.75) is 31.7 Å². The fraction of sp³-hybridized carbons (Fsp3) is 0.333. The molecule has 0 saturated carbocycles. The quantitative estimate of drug-likeness (QED) is 0.239. The molecule has 11 heteroatoms. The number of carbonyl (C=O) groups is 2. The van der Waals surface area contributed by atoms with E-state index in [1.165, 1.54) is 30.0 Å². The highest BCUT2D eigenvalue weighted by Gasteiger charge is 2.22. The Morgan fingerprint density at radius 3 is 2.69 bits per heavy atom. The molecule has 9 nitrogen and oxygen atoms in total. The SMILES string of the molecule is NC(CO)=C(C=NCCc1ccc2c(n1)NCCC2)C(=O)NC(CC(=O)O)c1cc(Cl)cc(Cl)c1. The minimum atomic E-state index is -1.13. The number of amides is 1. The number of aliphatic hydroxyl groups is 1. The number of rotatable bonds is 10. The first-order chi connectivity index (χ1) is 16.8. The molecule has 0 spiro atoms. The Hall–Kier alpha value is -3.14. The number of aromatic nitrogens is 1. The molecule has 1 unspecified atom stereocenters. The first kappa shape index (κ1) is 26.5. The van der Waals surface area contributed by atoms with E-state index in [9.17, 15) is 19.8 Å². The average molecular weight is 520 g/mol. The highest BCUT2D eigenvalue weighted by Crippen LogP contribution is 2.26. The van der Waals surface area contributed by atoms with E-state index >= 15 is 0 Å². The number of halogens is 2. The number of hydrogen-bond acceptors (Lipinski definition) is 7. The summed E-state index contributed by atoms with van der Waals surface area (Å²) in [6.45, 7) is 0.665. The lowest BCUT2D eigenvalue weighted by Gasteiger charge is -2.19. The molecular formula is C24H27Cl2N5O4. The lowest BCUT2D eigenvalue weighted by atomic mass is 10.0. The molecule has 1 aliphatic rings. The summed E-state index contributed by atoms with van der Waals surface area (Å²) in [6, 6.07) is 7.63. The summed E-state index contributed by atoms with van der Waals surface area (Å²) < 4.78 is 0. The van der Waals surface area contributed by atoms with Gasteiger partial charge in [-0.1, -0.05) is 29.3 Å². The number of benzene rings is 1. The van der Waals surface area contributed by atoms with E-state index < -0.39 is 30.9 Å². The van der Waals surface area contributed by atoms with Crippen molar-refractivity contribution in [2.24, 2.45) is 10.7 Å². The van der Waals surface area contributed by atoms with Crippen LogP contribution in [0.15, 0.2) is 46.6 Å². The average Bonchev–Trinajstić information content (AvgIpc) is 2.82. The standard InChI is InChI=1S/C24H27Cl2N5O4/c25-16-8-15(9-17(26)10-16)21(11-22(33)34)31-24(35)19(20(27)13-32)12-28-7-5-18-4-3-14-2-1-6-29-23(14)30-18/h3-4,8-10,12,21,32H,1-2,5-7,11,13,27H2,(H,29,30)(H,31,35)(H,33,34). The maximum atomic E-state index is 13.0. The molecule has 3 rings (SSSR count). The molecule has 1 atom stereocenters. The van der Waals surface area contributed by atoms with E-state index in [0.717, 1.165) is 30.9 Å². The highest BCUT2D eigenvalue weighted by molar-refractivity contribution is 6.34. The first-order valence-corrected chi connectivity index (χ1v) is 11.8. The maximum absolute atomic E-state index is 13.0. The van der Waals surface area contributed by atoms with Crippen LogP contribution in [0.5, 0.6) is 0 Å². The number of fused-ring (bicyclic) bond motifs is 1. The van der Waals surface area contributed by atoms with Crippen molar-refractivity contribution in [1.82, 2.24) is 10.3 Å². The number of carboxylic acids is 1. The number of carboxylic acid groups (broad SMARTS) is 1. The summed E-state index contributed by atoms with van der Waals surface area (Å²) in [6.07, 6.45) is 3.49. The number of pyridine rings is 1. The van der Waals surface area contributed by atoms with E-state index in [-0.39, 0.29) is 11.3 Å². The van der Waals surface area contributed by atoms with Crippen molar-refractivity contribution in [3.05, 3.63) is 68.5 Å². The molecule has 6 N–H and O–H groups in total. The van der Waals surface area contributed by atoms with Crippen LogP contribution in [-0.2, 0) is 22.4 Å². The molecule has 0 bridgehead atoms. The van der Waals surface area contributed by atoms with Gasteiger partial charge in [0.1, 0.15) is 5.82 Å². The normalized spacial score (nSPS) is 14.6. The van der Waals surface area contributed by atoms with Crippen molar-refractivity contribution in [2.75, 3.05) is 25.0 Å². The number of anilines is 1. The Bertz CT molecular complexity index is 1130. The Kier molecular flexibility index (Phi) is 9.47. The van der Waals surface area contributed by atoms with Gasteiger partial charge >= 0.3 is 5.97 Å². The van der Waals surface area contributed by atoms with Gasteiger partial charge in [-0.15, -0.1) is 0 Å². The largest absolute Gasteiger partial charge is 0.481 e. The summed E-state index contributed by atoms with van der Waals surface area (Å²) in [5, 5.41) is 25.3. The summed E-state index contributed by atoms with van der Waals surface area (Å²) in [7, 11) is 0. The molecule has 186 valence electrons. The molecule has 0 radical (unpaired) electrons. The molecule has 2 heterocycles. The highest BCUT2D eigenvalue weighted by atomic mass is 35.5. The minimum Gasteiger partial charge on any atom is -0.481 e. The van der Waals surface area contributed by atoms with Crippen LogP contribution in [0.4, 0.5) is 5.82 Å². The Labute approximate surface area is 213 Å². The molecule has 1 aromatic carbocycles. The third kappa shape index (κ3) is 7.68. The predicted molar refractivity (Wildman–Crippen MR) is 136 cm³/mol. The predicted octanol–water partition coefficient (Wildman–Crippen LogP) is 2.90. The lowest BCUT2D eigenvalue weighted by Crippen LogP contribution is -2.33.